The maximum atomic E-state index is 12.2. The Balaban J connectivity index is 2.59. The van der Waals surface area contributed by atoms with E-state index in [4.69, 9.17) is 14.2 Å². The zero-order chi connectivity index (χ0) is 16.3. The van der Waals surface area contributed by atoms with E-state index >= 15 is 0 Å². The lowest BCUT2D eigenvalue weighted by Crippen LogP contribution is -2.16. The Morgan fingerprint density at radius 3 is 2.59 bits per heavy atom. The van der Waals surface area contributed by atoms with Crippen LogP contribution in [0.25, 0.3) is 5.69 Å². The standard InChI is InChI=1S/C15H18N2O5/c1-5-22-14(18)13-9(2)17(15(19)16-13)11-7-6-10(20-3)8-12(11)21-4/h6-8H,5H2,1-4H3,(H,16,19). The molecule has 118 valence electrons. The van der Waals surface area contributed by atoms with Gasteiger partial charge in [-0.3, -0.25) is 9.55 Å². The second-order valence-corrected chi connectivity index (χ2v) is 4.48. The number of nitrogens with zero attached hydrogens (tertiary/aromatic N) is 1. The highest BCUT2D eigenvalue weighted by Crippen LogP contribution is 2.28. The van der Waals surface area contributed by atoms with Crippen LogP contribution in [0.5, 0.6) is 11.5 Å². The van der Waals surface area contributed by atoms with Crippen LogP contribution in [-0.2, 0) is 4.74 Å². The van der Waals surface area contributed by atoms with E-state index in [1.54, 1.807) is 39.2 Å². The zero-order valence-electron chi connectivity index (χ0n) is 12.9. The predicted octanol–water partition coefficient (Wildman–Crippen LogP) is 1.67. The van der Waals surface area contributed by atoms with Crippen LogP contribution in [0.1, 0.15) is 23.1 Å². The Morgan fingerprint density at radius 1 is 1.27 bits per heavy atom. The van der Waals surface area contributed by atoms with Gasteiger partial charge in [-0.25, -0.2) is 9.59 Å². The first-order valence-electron chi connectivity index (χ1n) is 6.74. The zero-order valence-corrected chi connectivity index (χ0v) is 12.9. The molecule has 0 radical (unpaired) electrons. The highest BCUT2D eigenvalue weighted by molar-refractivity contribution is 5.88. The number of hydrogen-bond acceptors (Lipinski definition) is 5. The van der Waals surface area contributed by atoms with Gasteiger partial charge >= 0.3 is 11.7 Å². The monoisotopic (exact) mass is 306 g/mol. The van der Waals surface area contributed by atoms with Crippen molar-refractivity contribution in [3.8, 4) is 17.2 Å². The largest absolute Gasteiger partial charge is 0.497 e. The number of aromatic nitrogens is 2. The highest BCUT2D eigenvalue weighted by Gasteiger charge is 2.20. The summed E-state index contributed by atoms with van der Waals surface area (Å²) in [4.78, 5) is 26.6. The van der Waals surface area contributed by atoms with Gasteiger partial charge in [0.2, 0.25) is 0 Å². The molecule has 0 aliphatic heterocycles. The smallest absolute Gasteiger partial charge is 0.356 e. The van der Waals surface area contributed by atoms with Crippen LogP contribution in [0.4, 0.5) is 0 Å². The Hall–Kier alpha value is -2.70. The molecular weight excluding hydrogens is 288 g/mol. The van der Waals surface area contributed by atoms with E-state index in [9.17, 15) is 9.59 Å². The summed E-state index contributed by atoms with van der Waals surface area (Å²) in [6, 6.07) is 5.06. The second-order valence-electron chi connectivity index (χ2n) is 4.48. The summed E-state index contributed by atoms with van der Waals surface area (Å²) in [6.45, 7) is 3.60. The third-order valence-electron chi connectivity index (χ3n) is 3.24. The lowest BCUT2D eigenvalue weighted by molar-refractivity contribution is 0.0519. The molecule has 0 saturated heterocycles. The van der Waals surface area contributed by atoms with Gasteiger partial charge in [-0.15, -0.1) is 0 Å². The van der Waals surface area contributed by atoms with Crippen LogP contribution in [0.3, 0.4) is 0 Å². The van der Waals surface area contributed by atoms with Crippen molar-refractivity contribution < 1.29 is 19.0 Å². The van der Waals surface area contributed by atoms with Crippen molar-refractivity contribution in [2.24, 2.45) is 0 Å². The Bertz CT molecular complexity index is 745. The molecule has 0 aliphatic carbocycles. The van der Waals surface area contributed by atoms with E-state index in [2.05, 4.69) is 4.98 Å². The minimum atomic E-state index is -0.566. The Labute approximate surface area is 127 Å². The number of benzene rings is 1. The van der Waals surface area contributed by atoms with Gasteiger partial charge in [0.05, 0.1) is 32.2 Å². The molecule has 1 aromatic heterocycles. The third-order valence-corrected chi connectivity index (χ3v) is 3.24. The lowest BCUT2D eigenvalue weighted by atomic mass is 10.2. The minimum absolute atomic E-state index is 0.129. The van der Waals surface area contributed by atoms with Crippen molar-refractivity contribution in [3.05, 3.63) is 40.1 Å². The van der Waals surface area contributed by atoms with E-state index in [0.29, 0.717) is 22.9 Å². The van der Waals surface area contributed by atoms with E-state index in [1.165, 1.54) is 11.7 Å². The van der Waals surface area contributed by atoms with Crippen molar-refractivity contribution in [2.75, 3.05) is 20.8 Å². The average Bonchev–Trinajstić information content (AvgIpc) is 2.81. The molecule has 0 unspecified atom stereocenters. The van der Waals surface area contributed by atoms with Crippen molar-refractivity contribution in [3.63, 3.8) is 0 Å². The lowest BCUT2D eigenvalue weighted by Gasteiger charge is -2.12. The SMILES string of the molecule is CCOC(=O)c1[nH]c(=O)n(-c2ccc(OC)cc2OC)c1C. The number of nitrogens with one attached hydrogen (secondary N) is 1. The number of methoxy groups -OCH3 is 2. The molecule has 0 aliphatic rings. The van der Waals surface area contributed by atoms with E-state index in [0.717, 1.165) is 0 Å². The number of esters is 1. The molecule has 0 atom stereocenters. The highest BCUT2D eigenvalue weighted by atomic mass is 16.5. The predicted molar refractivity (Wildman–Crippen MR) is 80.2 cm³/mol. The number of carbonyl (C=O) groups is 1. The average molecular weight is 306 g/mol. The summed E-state index contributed by atoms with van der Waals surface area (Å²) < 4.78 is 16.7. The summed E-state index contributed by atoms with van der Waals surface area (Å²) >= 11 is 0. The molecule has 7 heteroatoms. The molecule has 0 fully saturated rings. The molecule has 2 aromatic rings. The van der Waals surface area contributed by atoms with Gasteiger partial charge in [0.15, 0.2) is 0 Å². The summed E-state index contributed by atoms with van der Waals surface area (Å²) in [6.07, 6.45) is 0. The fourth-order valence-electron chi connectivity index (χ4n) is 2.18. The molecule has 22 heavy (non-hydrogen) atoms. The van der Waals surface area contributed by atoms with Crippen LogP contribution >= 0.6 is 0 Å². The summed E-state index contributed by atoms with van der Waals surface area (Å²) in [5.41, 5.74) is 0.651. The molecule has 2 rings (SSSR count). The van der Waals surface area contributed by atoms with E-state index in [1.807, 2.05) is 0 Å². The number of rotatable bonds is 5. The van der Waals surface area contributed by atoms with Crippen molar-refractivity contribution in [1.29, 1.82) is 0 Å². The second kappa shape index (κ2) is 6.38. The van der Waals surface area contributed by atoms with Crippen molar-refractivity contribution >= 4 is 5.97 Å². The number of hydrogen-bond donors (Lipinski definition) is 1. The number of ether oxygens (including phenoxy) is 3. The number of carbonyl (C=O) groups excluding carboxylic acids is 1. The van der Waals surface area contributed by atoms with Gasteiger partial charge < -0.3 is 14.2 Å². The number of aromatic amines is 1. The Kier molecular flexibility index (Phi) is 4.55. The van der Waals surface area contributed by atoms with Crippen LogP contribution in [0.15, 0.2) is 23.0 Å². The van der Waals surface area contributed by atoms with Gasteiger partial charge in [0.25, 0.3) is 0 Å². The van der Waals surface area contributed by atoms with Gasteiger partial charge in [0, 0.05) is 6.07 Å². The summed E-state index contributed by atoms with van der Waals surface area (Å²) in [5.74, 6) is 0.495. The van der Waals surface area contributed by atoms with Crippen LogP contribution in [-0.4, -0.2) is 36.3 Å². The first-order valence-corrected chi connectivity index (χ1v) is 6.74. The van der Waals surface area contributed by atoms with Gasteiger partial charge in [-0.05, 0) is 26.0 Å². The topological polar surface area (TPSA) is 82.6 Å². The molecular formula is C15H18N2O5. The van der Waals surface area contributed by atoms with Crippen LogP contribution in [0, 0.1) is 6.92 Å². The molecule has 0 amide bonds. The third kappa shape index (κ3) is 2.69. The molecule has 1 heterocycles. The summed E-state index contributed by atoms with van der Waals surface area (Å²) in [7, 11) is 3.04. The Morgan fingerprint density at radius 2 is 2.00 bits per heavy atom. The quantitative estimate of drug-likeness (QED) is 0.850. The maximum Gasteiger partial charge on any atom is 0.356 e. The van der Waals surface area contributed by atoms with Gasteiger partial charge in [-0.1, -0.05) is 0 Å². The minimum Gasteiger partial charge on any atom is -0.497 e. The van der Waals surface area contributed by atoms with E-state index in [-0.39, 0.29) is 12.3 Å². The molecule has 0 bridgehead atoms. The van der Waals surface area contributed by atoms with Crippen molar-refractivity contribution in [1.82, 2.24) is 9.55 Å². The molecule has 1 N–H and O–H groups in total. The molecule has 0 saturated carbocycles. The number of H-pyrrole nitrogens is 1. The fraction of sp³-hybridized carbons (Fsp3) is 0.333. The van der Waals surface area contributed by atoms with E-state index < -0.39 is 11.7 Å². The van der Waals surface area contributed by atoms with Crippen LogP contribution < -0.4 is 15.2 Å². The first-order chi connectivity index (χ1) is 10.5. The summed E-state index contributed by atoms with van der Waals surface area (Å²) in [5, 5.41) is 0. The van der Waals surface area contributed by atoms with Gasteiger partial charge in [-0.2, -0.15) is 0 Å². The van der Waals surface area contributed by atoms with Gasteiger partial charge in [0.1, 0.15) is 17.2 Å². The number of imidazole rings is 1. The fourth-order valence-corrected chi connectivity index (χ4v) is 2.18. The molecule has 0 spiro atoms. The normalized spacial score (nSPS) is 10.4. The maximum absolute atomic E-state index is 12.2. The van der Waals surface area contributed by atoms with Crippen LogP contribution in [0.2, 0.25) is 0 Å². The van der Waals surface area contributed by atoms with Crippen molar-refractivity contribution in [2.45, 2.75) is 13.8 Å². The molecule has 7 nitrogen and oxygen atoms in total. The molecule has 1 aromatic carbocycles. The first kappa shape index (κ1) is 15.7.